The second kappa shape index (κ2) is 11.5. The quantitative estimate of drug-likeness (QED) is 0.454. The summed E-state index contributed by atoms with van der Waals surface area (Å²) in [6, 6.07) is 9.64. The first-order chi connectivity index (χ1) is 15.9. The van der Waals surface area contributed by atoms with Crippen LogP contribution in [-0.4, -0.2) is 35.3 Å². The van der Waals surface area contributed by atoms with Crippen molar-refractivity contribution in [2.75, 3.05) is 5.32 Å². The van der Waals surface area contributed by atoms with Gasteiger partial charge in [-0.1, -0.05) is 50.2 Å². The van der Waals surface area contributed by atoms with Crippen molar-refractivity contribution in [3.63, 3.8) is 0 Å². The Morgan fingerprint density at radius 3 is 2.26 bits per heavy atom. The van der Waals surface area contributed by atoms with Crippen LogP contribution in [0, 0.1) is 17.7 Å². The number of halogens is 4. The van der Waals surface area contributed by atoms with E-state index in [4.69, 9.17) is 9.84 Å². The average molecular weight is 484 g/mol. The van der Waals surface area contributed by atoms with Crippen LogP contribution in [0.15, 0.2) is 48.5 Å². The number of anilines is 1. The van der Waals surface area contributed by atoms with E-state index in [9.17, 15) is 31.9 Å². The summed E-state index contributed by atoms with van der Waals surface area (Å²) in [5.74, 6) is -6.48. The molecule has 2 amide bonds. The average Bonchev–Trinajstić information content (AvgIpc) is 2.77. The summed E-state index contributed by atoms with van der Waals surface area (Å²) in [5, 5.41) is 13.0. The molecule has 0 fully saturated rings. The lowest BCUT2D eigenvalue weighted by molar-refractivity contribution is -0.178. The molecule has 0 radical (unpaired) electrons. The minimum atomic E-state index is -4.86. The van der Waals surface area contributed by atoms with Gasteiger partial charge in [0.2, 0.25) is 5.91 Å². The number of hydrogen-bond donors (Lipinski definition) is 3. The fraction of sp³-hybridized carbons (Fsp3) is 0.348. The third kappa shape index (κ3) is 7.75. The molecule has 0 saturated carbocycles. The number of aliphatic carboxylic acids is 1. The van der Waals surface area contributed by atoms with Gasteiger partial charge in [-0.15, -0.1) is 0 Å². The van der Waals surface area contributed by atoms with Crippen LogP contribution in [-0.2, 0) is 27.4 Å². The first-order valence-electron chi connectivity index (χ1n) is 10.2. The number of ether oxygens (including phenoxy) is 1. The second-order valence-corrected chi connectivity index (χ2v) is 7.76. The molecule has 0 aliphatic rings. The SMILES string of the molecule is CC(C(NC(=O)OCc1ccccc1)C(=O)Nc1cc(C[C@H](C)C(=O)O)ccc1F)C(F)(F)F. The van der Waals surface area contributed by atoms with Crippen molar-refractivity contribution in [2.24, 2.45) is 11.8 Å². The van der Waals surface area contributed by atoms with Crippen LogP contribution in [0.3, 0.4) is 0 Å². The van der Waals surface area contributed by atoms with Gasteiger partial charge in [-0.25, -0.2) is 9.18 Å². The minimum Gasteiger partial charge on any atom is -0.481 e. The van der Waals surface area contributed by atoms with E-state index in [1.54, 1.807) is 30.3 Å². The summed E-state index contributed by atoms with van der Waals surface area (Å²) in [4.78, 5) is 35.8. The van der Waals surface area contributed by atoms with Crippen molar-refractivity contribution in [1.29, 1.82) is 0 Å². The van der Waals surface area contributed by atoms with Gasteiger partial charge >= 0.3 is 18.2 Å². The van der Waals surface area contributed by atoms with Crippen molar-refractivity contribution in [3.8, 4) is 0 Å². The molecule has 184 valence electrons. The van der Waals surface area contributed by atoms with Crippen molar-refractivity contribution < 1.29 is 41.8 Å². The third-order valence-corrected chi connectivity index (χ3v) is 5.04. The molecule has 2 aromatic carbocycles. The molecule has 0 aliphatic heterocycles. The van der Waals surface area contributed by atoms with Crippen LogP contribution >= 0.6 is 0 Å². The van der Waals surface area contributed by atoms with Gasteiger partial charge in [0.1, 0.15) is 18.5 Å². The molecule has 0 saturated heterocycles. The number of benzene rings is 2. The molecule has 3 atom stereocenters. The van der Waals surface area contributed by atoms with Gasteiger partial charge < -0.3 is 20.5 Å². The Kier molecular flexibility index (Phi) is 8.99. The monoisotopic (exact) mass is 484 g/mol. The van der Waals surface area contributed by atoms with Gasteiger partial charge in [-0.05, 0) is 29.7 Å². The molecule has 7 nitrogen and oxygen atoms in total. The predicted molar refractivity (Wildman–Crippen MR) is 114 cm³/mol. The number of carbonyl (C=O) groups excluding carboxylic acids is 2. The summed E-state index contributed by atoms with van der Waals surface area (Å²) in [6.07, 6.45) is -6.11. The van der Waals surface area contributed by atoms with Gasteiger partial charge in [0.05, 0.1) is 17.5 Å². The molecule has 0 spiro atoms. The van der Waals surface area contributed by atoms with Gasteiger partial charge in [0.25, 0.3) is 0 Å². The van der Waals surface area contributed by atoms with E-state index in [1.807, 2.05) is 5.32 Å². The Bertz CT molecular complexity index is 1010. The van der Waals surface area contributed by atoms with E-state index in [0.29, 0.717) is 18.1 Å². The van der Waals surface area contributed by atoms with Crippen LogP contribution in [0.5, 0.6) is 0 Å². The topological polar surface area (TPSA) is 105 Å². The molecule has 0 bridgehead atoms. The lowest BCUT2D eigenvalue weighted by atomic mass is 9.99. The predicted octanol–water partition coefficient (Wildman–Crippen LogP) is 4.52. The first-order valence-corrected chi connectivity index (χ1v) is 10.2. The van der Waals surface area contributed by atoms with E-state index >= 15 is 0 Å². The Balaban J connectivity index is 2.17. The van der Waals surface area contributed by atoms with Crippen LogP contribution < -0.4 is 10.6 Å². The van der Waals surface area contributed by atoms with Crippen molar-refractivity contribution in [2.45, 2.75) is 39.1 Å². The number of carbonyl (C=O) groups is 3. The number of nitrogens with one attached hydrogen (secondary N) is 2. The molecule has 0 aromatic heterocycles. The highest BCUT2D eigenvalue weighted by atomic mass is 19.4. The number of carboxylic acids is 1. The first kappa shape index (κ1) is 26.6. The standard InChI is InChI=1S/C23H24F4N2O5/c1-13(21(31)32)10-16-8-9-17(24)18(11-16)28-20(30)19(14(2)23(25,26)27)29-22(33)34-12-15-6-4-3-5-7-15/h3-9,11,13-14,19H,10,12H2,1-2H3,(H,28,30)(H,29,33)(H,31,32)/t13-,14?,19?/m0/s1. The highest BCUT2D eigenvalue weighted by Gasteiger charge is 2.45. The largest absolute Gasteiger partial charge is 0.481 e. The number of alkyl carbamates (subject to hydrolysis) is 1. The number of amides is 2. The Morgan fingerprint density at radius 2 is 1.68 bits per heavy atom. The van der Waals surface area contributed by atoms with E-state index in [0.717, 1.165) is 12.1 Å². The fourth-order valence-corrected chi connectivity index (χ4v) is 2.94. The molecule has 2 unspecified atom stereocenters. The van der Waals surface area contributed by atoms with Crippen LogP contribution in [0.25, 0.3) is 0 Å². The number of hydrogen-bond acceptors (Lipinski definition) is 4. The van der Waals surface area contributed by atoms with Crippen LogP contribution in [0.4, 0.5) is 28.0 Å². The van der Waals surface area contributed by atoms with Crippen molar-refractivity contribution >= 4 is 23.7 Å². The summed E-state index contributed by atoms with van der Waals surface area (Å²) in [7, 11) is 0. The van der Waals surface area contributed by atoms with Gasteiger partial charge in [-0.3, -0.25) is 9.59 Å². The van der Waals surface area contributed by atoms with E-state index in [-0.39, 0.29) is 13.0 Å². The maximum Gasteiger partial charge on any atom is 0.408 e. The minimum absolute atomic E-state index is 0.00489. The van der Waals surface area contributed by atoms with E-state index < -0.39 is 53.5 Å². The van der Waals surface area contributed by atoms with Crippen LogP contribution in [0.2, 0.25) is 0 Å². The molecular formula is C23H24F4N2O5. The maximum atomic E-state index is 14.2. The smallest absolute Gasteiger partial charge is 0.408 e. The zero-order valence-corrected chi connectivity index (χ0v) is 18.4. The molecule has 34 heavy (non-hydrogen) atoms. The zero-order valence-electron chi connectivity index (χ0n) is 18.4. The Hall–Kier alpha value is -3.63. The molecular weight excluding hydrogens is 460 g/mol. The van der Waals surface area contributed by atoms with Crippen molar-refractivity contribution in [3.05, 3.63) is 65.5 Å². The summed E-state index contributed by atoms with van der Waals surface area (Å²) >= 11 is 0. The molecule has 3 N–H and O–H groups in total. The lowest BCUT2D eigenvalue weighted by Crippen LogP contribution is -2.52. The lowest BCUT2D eigenvalue weighted by Gasteiger charge is -2.26. The second-order valence-electron chi connectivity index (χ2n) is 7.76. The van der Waals surface area contributed by atoms with Gasteiger partial charge in [-0.2, -0.15) is 13.2 Å². The maximum absolute atomic E-state index is 14.2. The zero-order chi connectivity index (χ0) is 25.5. The summed E-state index contributed by atoms with van der Waals surface area (Å²) < 4.78 is 59.2. The number of alkyl halides is 3. The summed E-state index contributed by atoms with van der Waals surface area (Å²) in [5.41, 5.74) is 0.484. The van der Waals surface area contributed by atoms with Crippen molar-refractivity contribution in [1.82, 2.24) is 5.32 Å². The third-order valence-electron chi connectivity index (χ3n) is 5.04. The highest BCUT2D eigenvalue weighted by molar-refractivity contribution is 5.97. The molecule has 2 rings (SSSR count). The van der Waals surface area contributed by atoms with Gasteiger partial charge in [0.15, 0.2) is 0 Å². The number of rotatable bonds is 9. The Labute approximate surface area is 193 Å². The molecule has 0 aliphatic carbocycles. The highest BCUT2D eigenvalue weighted by Crippen LogP contribution is 2.29. The van der Waals surface area contributed by atoms with E-state index in [1.165, 1.54) is 13.0 Å². The van der Waals surface area contributed by atoms with Gasteiger partial charge in [0, 0.05) is 0 Å². The summed E-state index contributed by atoms with van der Waals surface area (Å²) in [6.45, 7) is 1.89. The fourth-order valence-electron chi connectivity index (χ4n) is 2.94. The molecule has 2 aromatic rings. The normalized spacial score (nSPS) is 13.9. The number of carboxylic acid groups (broad SMARTS) is 1. The van der Waals surface area contributed by atoms with E-state index in [2.05, 4.69) is 5.32 Å². The van der Waals surface area contributed by atoms with Crippen LogP contribution in [0.1, 0.15) is 25.0 Å². The molecule has 0 heterocycles. The Morgan fingerprint density at radius 1 is 1.03 bits per heavy atom. The molecule has 11 heteroatoms.